The van der Waals surface area contributed by atoms with Gasteiger partial charge in [0.2, 0.25) is 5.91 Å². The topological polar surface area (TPSA) is 96.5 Å². The number of hydrogen-bond donors (Lipinski definition) is 1. The molecule has 0 aromatic carbocycles. The summed E-state index contributed by atoms with van der Waals surface area (Å²) in [5.41, 5.74) is 2.44. The van der Waals surface area contributed by atoms with Gasteiger partial charge < -0.3 is 10.0 Å². The summed E-state index contributed by atoms with van der Waals surface area (Å²) >= 11 is 0. The van der Waals surface area contributed by atoms with Crippen LogP contribution in [-0.4, -0.2) is 72.5 Å². The molecule has 0 unspecified atom stereocenters. The number of aromatic nitrogens is 4. The molecule has 0 aliphatic carbocycles. The van der Waals surface area contributed by atoms with E-state index in [2.05, 4.69) is 28.2 Å². The third-order valence-corrected chi connectivity index (χ3v) is 4.93. The van der Waals surface area contributed by atoms with Crippen molar-refractivity contribution in [2.75, 3.05) is 26.2 Å². The van der Waals surface area contributed by atoms with Crippen LogP contribution in [0.25, 0.3) is 0 Å². The van der Waals surface area contributed by atoms with Crippen molar-refractivity contribution in [2.45, 2.75) is 39.9 Å². The fourth-order valence-electron chi connectivity index (χ4n) is 3.24. The van der Waals surface area contributed by atoms with E-state index in [1.165, 1.54) is 22.6 Å². The monoisotopic (exact) mass is 374 g/mol. The zero-order chi connectivity index (χ0) is 19.4. The van der Waals surface area contributed by atoms with Crippen LogP contribution in [0, 0.1) is 6.92 Å². The molecule has 1 fully saturated rings. The van der Waals surface area contributed by atoms with Gasteiger partial charge in [-0.25, -0.2) is 4.79 Å². The molecule has 1 aliphatic rings. The predicted molar refractivity (Wildman–Crippen MR) is 98.3 cm³/mol. The number of carbonyl (C=O) groups excluding carboxylic acids is 1. The van der Waals surface area contributed by atoms with E-state index < -0.39 is 5.97 Å². The minimum absolute atomic E-state index is 0.0806. The van der Waals surface area contributed by atoms with Gasteiger partial charge in [-0.1, -0.05) is 0 Å². The highest BCUT2D eigenvalue weighted by Gasteiger charge is 2.22. The molecule has 2 aromatic rings. The number of aromatic carboxylic acids is 1. The van der Waals surface area contributed by atoms with Crippen LogP contribution in [-0.2, 0) is 24.4 Å². The molecule has 146 valence electrons. The molecule has 2 aromatic heterocycles. The summed E-state index contributed by atoms with van der Waals surface area (Å²) in [7, 11) is 0. The Kier molecular flexibility index (Phi) is 5.90. The lowest BCUT2D eigenvalue weighted by atomic mass is 10.2. The Balaban J connectivity index is 1.44. The largest absolute Gasteiger partial charge is 0.478 e. The second kappa shape index (κ2) is 8.34. The summed E-state index contributed by atoms with van der Waals surface area (Å²) in [5, 5.41) is 17.4. The van der Waals surface area contributed by atoms with E-state index in [1.54, 1.807) is 0 Å². The molecule has 1 aliphatic heterocycles. The van der Waals surface area contributed by atoms with E-state index in [0.717, 1.165) is 31.9 Å². The molecular weight excluding hydrogens is 348 g/mol. The van der Waals surface area contributed by atoms with Crippen molar-refractivity contribution in [3.8, 4) is 0 Å². The molecule has 0 atom stereocenters. The highest BCUT2D eigenvalue weighted by molar-refractivity contribution is 5.86. The molecule has 0 saturated carbocycles. The van der Waals surface area contributed by atoms with Crippen molar-refractivity contribution in [1.29, 1.82) is 0 Å². The molecule has 3 rings (SSSR count). The normalized spacial score (nSPS) is 15.3. The van der Waals surface area contributed by atoms with Gasteiger partial charge in [0, 0.05) is 70.2 Å². The van der Waals surface area contributed by atoms with E-state index in [-0.39, 0.29) is 11.5 Å². The smallest absolute Gasteiger partial charge is 0.338 e. The van der Waals surface area contributed by atoms with Crippen molar-refractivity contribution >= 4 is 11.9 Å². The quantitative estimate of drug-likeness (QED) is 0.771. The first-order valence-electron chi connectivity index (χ1n) is 9.25. The Morgan fingerprint density at radius 3 is 2.48 bits per heavy atom. The van der Waals surface area contributed by atoms with Gasteiger partial charge in [0.15, 0.2) is 0 Å². The summed E-state index contributed by atoms with van der Waals surface area (Å²) in [6, 6.07) is 0. The van der Waals surface area contributed by atoms with E-state index in [9.17, 15) is 9.59 Å². The predicted octanol–water partition coefficient (Wildman–Crippen LogP) is 0.841. The van der Waals surface area contributed by atoms with Crippen LogP contribution in [0.1, 0.15) is 35.0 Å². The maximum absolute atomic E-state index is 12.4. The molecule has 27 heavy (non-hydrogen) atoms. The first kappa shape index (κ1) is 19.1. The molecule has 1 amide bonds. The fourth-order valence-corrected chi connectivity index (χ4v) is 3.24. The summed E-state index contributed by atoms with van der Waals surface area (Å²) in [6.45, 7) is 9.33. The zero-order valence-corrected chi connectivity index (χ0v) is 15.8. The molecular formula is C18H26N6O3. The van der Waals surface area contributed by atoms with Crippen LogP contribution in [0.3, 0.4) is 0 Å². The number of carboxylic acid groups (broad SMARTS) is 1. The summed E-state index contributed by atoms with van der Waals surface area (Å²) in [5.74, 6) is -0.930. The van der Waals surface area contributed by atoms with Gasteiger partial charge in [0.25, 0.3) is 0 Å². The number of piperazine rings is 1. The number of carboxylic acids is 1. The lowest BCUT2D eigenvalue weighted by Crippen LogP contribution is -2.48. The lowest BCUT2D eigenvalue weighted by molar-refractivity contribution is -0.133. The van der Waals surface area contributed by atoms with Gasteiger partial charge in [-0.2, -0.15) is 10.2 Å². The summed E-state index contributed by atoms with van der Waals surface area (Å²) in [4.78, 5) is 27.5. The van der Waals surface area contributed by atoms with Crippen LogP contribution in [0.15, 0.2) is 18.6 Å². The average molecular weight is 374 g/mol. The van der Waals surface area contributed by atoms with Crippen molar-refractivity contribution < 1.29 is 14.7 Å². The van der Waals surface area contributed by atoms with Gasteiger partial charge in [-0.15, -0.1) is 0 Å². The van der Waals surface area contributed by atoms with Crippen LogP contribution in [0.5, 0.6) is 0 Å². The SMILES string of the molecule is CCn1cc(CN2CCN(C(=O)CCn3cc(C(=O)O)cn3)CC2)c(C)n1. The van der Waals surface area contributed by atoms with Crippen LogP contribution >= 0.6 is 0 Å². The fraction of sp³-hybridized carbons (Fsp3) is 0.556. The van der Waals surface area contributed by atoms with Crippen molar-refractivity contribution in [1.82, 2.24) is 29.4 Å². The van der Waals surface area contributed by atoms with Crippen molar-refractivity contribution in [3.63, 3.8) is 0 Å². The second-order valence-corrected chi connectivity index (χ2v) is 6.80. The minimum Gasteiger partial charge on any atom is -0.478 e. The molecule has 1 saturated heterocycles. The van der Waals surface area contributed by atoms with Crippen molar-refractivity contribution in [3.05, 3.63) is 35.4 Å². The maximum atomic E-state index is 12.4. The van der Waals surface area contributed by atoms with Gasteiger partial charge >= 0.3 is 5.97 Å². The number of amides is 1. The van der Waals surface area contributed by atoms with E-state index >= 15 is 0 Å². The Bertz CT molecular complexity index is 804. The number of rotatable bonds is 7. The molecule has 1 N–H and O–H groups in total. The number of carbonyl (C=O) groups is 2. The van der Waals surface area contributed by atoms with Crippen LogP contribution in [0.2, 0.25) is 0 Å². The highest BCUT2D eigenvalue weighted by Crippen LogP contribution is 2.12. The van der Waals surface area contributed by atoms with Gasteiger partial charge in [0.1, 0.15) is 0 Å². The van der Waals surface area contributed by atoms with Crippen LogP contribution < -0.4 is 0 Å². The molecule has 9 nitrogen and oxygen atoms in total. The summed E-state index contributed by atoms with van der Waals surface area (Å²) in [6.07, 6.45) is 5.17. The Morgan fingerprint density at radius 2 is 1.89 bits per heavy atom. The Hall–Kier alpha value is -2.68. The van der Waals surface area contributed by atoms with Gasteiger partial charge in [0.05, 0.1) is 17.5 Å². The van der Waals surface area contributed by atoms with Crippen LogP contribution in [0.4, 0.5) is 0 Å². The molecule has 0 spiro atoms. The number of hydrogen-bond acceptors (Lipinski definition) is 5. The number of aryl methyl sites for hydroxylation is 3. The standard InChI is InChI=1S/C18H26N6O3/c1-3-23-13-16(14(2)20-23)11-21-6-8-22(9-7-21)17(25)4-5-24-12-15(10-19-24)18(26)27/h10,12-13H,3-9,11H2,1-2H3,(H,26,27). The summed E-state index contributed by atoms with van der Waals surface area (Å²) < 4.78 is 3.46. The first-order chi connectivity index (χ1) is 13.0. The second-order valence-electron chi connectivity index (χ2n) is 6.80. The van der Waals surface area contributed by atoms with Gasteiger partial charge in [-0.3, -0.25) is 19.1 Å². The van der Waals surface area contributed by atoms with Gasteiger partial charge in [-0.05, 0) is 13.8 Å². The zero-order valence-electron chi connectivity index (χ0n) is 15.8. The number of nitrogens with zero attached hydrogens (tertiary/aromatic N) is 6. The first-order valence-corrected chi connectivity index (χ1v) is 9.25. The Morgan fingerprint density at radius 1 is 1.15 bits per heavy atom. The Labute approximate surface area is 158 Å². The van der Waals surface area contributed by atoms with E-state index in [1.807, 2.05) is 16.5 Å². The van der Waals surface area contributed by atoms with E-state index in [0.29, 0.717) is 26.1 Å². The third-order valence-electron chi connectivity index (χ3n) is 4.93. The molecule has 3 heterocycles. The molecule has 0 radical (unpaired) electrons. The molecule has 0 bridgehead atoms. The lowest BCUT2D eigenvalue weighted by Gasteiger charge is -2.34. The minimum atomic E-state index is -1.01. The average Bonchev–Trinajstić information content (AvgIpc) is 3.27. The van der Waals surface area contributed by atoms with Crippen molar-refractivity contribution in [2.24, 2.45) is 0 Å². The third kappa shape index (κ3) is 4.73. The highest BCUT2D eigenvalue weighted by atomic mass is 16.4. The molecule has 9 heteroatoms. The maximum Gasteiger partial charge on any atom is 0.338 e. The van der Waals surface area contributed by atoms with E-state index in [4.69, 9.17) is 5.11 Å².